The Hall–Kier alpha value is -1.80. The van der Waals surface area contributed by atoms with Crippen LogP contribution in [0.1, 0.15) is 185 Å². The molecule has 0 aromatic heterocycles. The molecule has 2 aliphatic heterocycles. The molecule has 2 heterocycles. The molecule has 2 heteroatoms. The van der Waals surface area contributed by atoms with Gasteiger partial charge in [-0.15, -0.1) is 0 Å². The smallest absolute Gasteiger partial charge is 0.180 e. The summed E-state index contributed by atoms with van der Waals surface area (Å²) in [7, 11) is 2.62. The van der Waals surface area contributed by atoms with E-state index >= 15 is 0 Å². The number of rotatable bonds is 8. The lowest BCUT2D eigenvalue weighted by Gasteiger charge is -2.56. The zero-order valence-corrected chi connectivity index (χ0v) is 31.2. The van der Waals surface area contributed by atoms with E-state index in [1.165, 1.54) is 69.9 Å². The Bertz CT molecular complexity index is 1520. The third-order valence-electron chi connectivity index (χ3n) is 16.3. The van der Waals surface area contributed by atoms with Crippen molar-refractivity contribution in [2.24, 2.45) is 10.8 Å². The van der Waals surface area contributed by atoms with Crippen molar-refractivity contribution in [3.8, 4) is 0 Å². The Kier molecular flexibility index (Phi) is 7.14. The minimum atomic E-state index is 0.107. The normalized spacial score (nSPS) is 34.0. The number of fused-ring (bicyclic) bond motifs is 12. The Morgan fingerprint density at radius 1 is 0.800 bits per heavy atom. The molecule has 2 nitrogen and oxygen atoms in total. The number of unbranched alkanes of at least 4 members (excludes halogenated alkanes) is 2. The Labute approximate surface area is 277 Å². The van der Waals surface area contributed by atoms with E-state index in [0.29, 0.717) is 12.1 Å². The molecule has 45 heavy (non-hydrogen) atoms. The predicted molar refractivity (Wildman–Crippen MR) is 195 cm³/mol. The number of nitrogens with zero attached hydrogens (tertiary/aromatic N) is 2. The molecule has 2 aromatic rings. The molecule has 0 saturated heterocycles. The minimum Gasteiger partial charge on any atom is -0.285 e. The van der Waals surface area contributed by atoms with Crippen molar-refractivity contribution in [2.45, 2.75) is 175 Å². The molecule has 6 unspecified atom stereocenters. The topological polar surface area (TPSA) is 3.24 Å². The summed E-state index contributed by atoms with van der Waals surface area (Å²) in [4.78, 5) is 2.97. The van der Waals surface area contributed by atoms with Crippen LogP contribution in [0.25, 0.3) is 0 Å². The molecule has 2 bridgehead atoms. The Morgan fingerprint density at radius 2 is 1.47 bits per heavy atom. The van der Waals surface area contributed by atoms with Gasteiger partial charge in [-0.2, -0.15) is 0 Å². The molecular weight excluding hydrogens is 544 g/mol. The van der Waals surface area contributed by atoms with Gasteiger partial charge in [0.2, 0.25) is 0 Å². The van der Waals surface area contributed by atoms with Gasteiger partial charge in [-0.1, -0.05) is 81.6 Å². The standard InChI is InChI=1S/C43H65N2/c1-13-18-19-22-42(11)32-26-35-33(25-31(32)40(7,8)41(42,9)10)44-34-23-27(6)36-28-20-21-29(24-28)37(36)38(34)30(14-2)43(15-3,16-4)39(44)45(35,12)17-5/h23,25-26,28-30,39H,13-22,24H2,1-12H3/q+1. The maximum atomic E-state index is 2.97. The maximum absolute atomic E-state index is 2.97. The van der Waals surface area contributed by atoms with Gasteiger partial charge < -0.3 is 0 Å². The van der Waals surface area contributed by atoms with Gasteiger partial charge >= 0.3 is 0 Å². The van der Waals surface area contributed by atoms with Crippen LogP contribution in [0.15, 0.2) is 18.2 Å². The van der Waals surface area contributed by atoms with E-state index in [2.05, 4.69) is 106 Å². The average Bonchev–Trinajstić information content (AvgIpc) is 3.74. The highest BCUT2D eigenvalue weighted by molar-refractivity contribution is 5.88. The van der Waals surface area contributed by atoms with Gasteiger partial charge in [0.05, 0.1) is 19.3 Å². The monoisotopic (exact) mass is 610 g/mol. The van der Waals surface area contributed by atoms with Crippen LogP contribution in [-0.2, 0) is 10.8 Å². The van der Waals surface area contributed by atoms with Crippen LogP contribution in [0.3, 0.4) is 0 Å². The molecule has 1 fully saturated rings. The van der Waals surface area contributed by atoms with Crippen molar-refractivity contribution in [3.63, 3.8) is 0 Å². The molecule has 0 spiro atoms. The van der Waals surface area contributed by atoms with Crippen LogP contribution in [0, 0.1) is 17.8 Å². The fraction of sp³-hybridized carbons (Fsp3) is 0.721. The highest BCUT2D eigenvalue weighted by Gasteiger charge is 2.66. The molecule has 0 radical (unpaired) electrons. The van der Waals surface area contributed by atoms with Crippen LogP contribution in [0.4, 0.5) is 17.1 Å². The third kappa shape index (κ3) is 3.57. The van der Waals surface area contributed by atoms with E-state index < -0.39 is 0 Å². The zero-order valence-electron chi connectivity index (χ0n) is 31.2. The van der Waals surface area contributed by atoms with Gasteiger partial charge in [0.1, 0.15) is 5.69 Å². The summed E-state index contributed by atoms with van der Waals surface area (Å²) in [6, 6.07) is 8.23. The second kappa shape index (κ2) is 10.1. The molecule has 1 saturated carbocycles. The third-order valence-corrected chi connectivity index (χ3v) is 16.3. The van der Waals surface area contributed by atoms with Crippen LogP contribution in [0.5, 0.6) is 0 Å². The first-order valence-corrected chi connectivity index (χ1v) is 19.3. The molecule has 7 rings (SSSR count). The molecule has 6 atom stereocenters. The van der Waals surface area contributed by atoms with Crippen molar-refractivity contribution in [3.05, 3.63) is 51.6 Å². The molecule has 5 aliphatic rings. The van der Waals surface area contributed by atoms with Gasteiger partial charge in [0, 0.05) is 11.5 Å². The number of hydrogen-bond acceptors (Lipinski definition) is 1. The fourth-order valence-electron chi connectivity index (χ4n) is 12.7. The van der Waals surface area contributed by atoms with E-state index in [9.17, 15) is 0 Å². The van der Waals surface area contributed by atoms with Crippen LogP contribution in [-0.4, -0.2) is 19.8 Å². The molecule has 2 aromatic carbocycles. The second-order valence-corrected chi connectivity index (χ2v) is 17.8. The first-order chi connectivity index (χ1) is 21.2. The minimum absolute atomic E-state index is 0.107. The van der Waals surface area contributed by atoms with Gasteiger partial charge in [0.15, 0.2) is 11.9 Å². The lowest BCUT2D eigenvalue weighted by atomic mass is 9.57. The van der Waals surface area contributed by atoms with Gasteiger partial charge in [-0.25, -0.2) is 0 Å². The number of hydrogen-bond donors (Lipinski definition) is 0. The summed E-state index contributed by atoms with van der Waals surface area (Å²) in [6.45, 7) is 29.0. The van der Waals surface area contributed by atoms with E-state index in [1.54, 1.807) is 39.2 Å². The Morgan fingerprint density at radius 3 is 2.07 bits per heavy atom. The van der Waals surface area contributed by atoms with Crippen LogP contribution >= 0.6 is 0 Å². The Balaban J connectivity index is 1.54. The molecular formula is C43H65N2+. The molecule has 0 amide bonds. The van der Waals surface area contributed by atoms with E-state index in [4.69, 9.17) is 0 Å². The lowest BCUT2D eigenvalue weighted by molar-refractivity contribution is 0.0548. The van der Waals surface area contributed by atoms with Gasteiger partial charge in [-0.3, -0.25) is 9.38 Å². The maximum Gasteiger partial charge on any atom is 0.180 e. The van der Waals surface area contributed by atoms with E-state index in [0.717, 1.165) is 22.9 Å². The van der Waals surface area contributed by atoms with Gasteiger partial charge in [-0.05, 0) is 138 Å². The van der Waals surface area contributed by atoms with E-state index in [1.807, 2.05) is 5.56 Å². The highest BCUT2D eigenvalue weighted by atomic mass is 15.5. The fourth-order valence-corrected chi connectivity index (χ4v) is 12.7. The highest BCUT2D eigenvalue weighted by Crippen LogP contribution is 2.70. The van der Waals surface area contributed by atoms with Crippen molar-refractivity contribution in [1.82, 2.24) is 4.48 Å². The summed E-state index contributed by atoms with van der Waals surface area (Å²) in [5.74, 6) is 2.22. The van der Waals surface area contributed by atoms with Gasteiger partial charge in [0.25, 0.3) is 0 Å². The van der Waals surface area contributed by atoms with Crippen molar-refractivity contribution < 1.29 is 0 Å². The molecule has 246 valence electrons. The SMILES string of the molecule is CCCCCC1(C)c2cc3c(cc2C(C)(C)C1(C)C)N1c2cc(C)c4c(c2C(CC)C(CC)(CC)C1[N+]3(C)CC)C1CCC4C1. The summed E-state index contributed by atoms with van der Waals surface area (Å²) < 4.78 is 1.04. The molecule has 3 aliphatic carbocycles. The van der Waals surface area contributed by atoms with Crippen LogP contribution < -0.4 is 9.38 Å². The van der Waals surface area contributed by atoms with E-state index in [-0.39, 0.29) is 21.7 Å². The average molecular weight is 610 g/mol. The quantitative estimate of drug-likeness (QED) is 0.213. The van der Waals surface area contributed by atoms with Crippen molar-refractivity contribution >= 4 is 17.1 Å². The van der Waals surface area contributed by atoms with Crippen molar-refractivity contribution in [1.29, 1.82) is 0 Å². The number of aryl methyl sites for hydroxylation is 1. The first kappa shape index (κ1) is 31.8. The summed E-state index contributed by atoms with van der Waals surface area (Å²) in [5, 5.41) is 0. The second-order valence-electron chi connectivity index (χ2n) is 17.8. The van der Waals surface area contributed by atoms with Crippen LogP contribution in [0.2, 0.25) is 0 Å². The lowest BCUT2D eigenvalue weighted by Crippen LogP contribution is -2.66. The number of benzene rings is 2. The zero-order chi connectivity index (χ0) is 32.5. The van der Waals surface area contributed by atoms with Crippen molar-refractivity contribution in [2.75, 3.05) is 18.5 Å². The summed E-state index contributed by atoms with van der Waals surface area (Å²) in [6.07, 6.45) is 13.6. The summed E-state index contributed by atoms with van der Waals surface area (Å²) in [5.41, 5.74) is 15.7. The number of quaternary nitrogens is 1. The molecule has 0 N–H and O–H groups in total. The predicted octanol–water partition coefficient (Wildman–Crippen LogP) is 12.3. The first-order valence-electron chi connectivity index (χ1n) is 19.3. The number of anilines is 2. The largest absolute Gasteiger partial charge is 0.285 e. The summed E-state index contributed by atoms with van der Waals surface area (Å²) >= 11 is 0.